The summed E-state index contributed by atoms with van der Waals surface area (Å²) in [5.41, 5.74) is 0. The lowest BCUT2D eigenvalue weighted by atomic mass is 9.99. The molecule has 11 nitrogen and oxygen atoms in total. The first-order chi connectivity index (χ1) is 33.2. The Kier molecular flexibility index (Phi) is 42.0. The predicted molar refractivity (Wildman–Crippen MR) is 278 cm³/mol. The van der Waals surface area contributed by atoms with E-state index in [-0.39, 0.29) is 19.4 Å². The first-order valence-corrected chi connectivity index (χ1v) is 27.3. The van der Waals surface area contributed by atoms with Crippen LogP contribution in [0.2, 0.25) is 0 Å². The second kappa shape index (κ2) is 45.3. The summed E-state index contributed by atoms with van der Waals surface area (Å²) in [5.74, 6) is -1.24. The number of unbranched alkanes of at least 4 members (excludes halogenated alkanes) is 23. The molecular weight excluding hydrogens is 859 g/mol. The van der Waals surface area contributed by atoms with Gasteiger partial charge in [-0.25, -0.2) is 0 Å². The van der Waals surface area contributed by atoms with Gasteiger partial charge < -0.3 is 45.1 Å². The van der Waals surface area contributed by atoms with Crippen LogP contribution in [0.15, 0.2) is 72.9 Å². The monoisotopic (exact) mass is 958 g/mol. The number of nitrogens with one attached hydrogen (secondary N) is 1. The molecular formula is C57H99NO10. The van der Waals surface area contributed by atoms with Gasteiger partial charge in [-0.2, -0.15) is 0 Å². The molecule has 1 aliphatic heterocycles. The fourth-order valence-corrected chi connectivity index (χ4v) is 8.07. The molecule has 0 spiro atoms. The Balaban J connectivity index is 2.79. The van der Waals surface area contributed by atoms with E-state index in [0.717, 1.165) is 83.5 Å². The smallest absolute Gasteiger partial charge is 0.306 e. The molecule has 392 valence electrons. The summed E-state index contributed by atoms with van der Waals surface area (Å²) >= 11 is 0. The third-order valence-electron chi connectivity index (χ3n) is 12.4. The van der Waals surface area contributed by atoms with Crippen LogP contribution in [-0.4, -0.2) is 99.6 Å². The van der Waals surface area contributed by atoms with Crippen molar-refractivity contribution >= 4 is 11.9 Å². The average Bonchev–Trinajstić information content (AvgIpc) is 3.33. The molecule has 0 aromatic carbocycles. The maximum atomic E-state index is 13.3. The molecule has 8 atom stereocenters. The zero-order valence-electron chi connectivity index (χ0n) is 43.0. The molecule has 1 amide bonds. The van der Waals surface area contributed by atoms with Crippen molar-refractivity contribution < 1.29 is 49.3 Å². The van der Waals surface area contributed by atoms with E-state index < -0.39 is 67.4 Å². The summed E-state index contributed by atoms with van der Waals surface area (Å²) in [6, 6.07) is -1.04. The number of esters is 1. The number of hydrogen-bond acceptors (Lipinski definition) is 10. The van der Waals surface area contributed by atoms with Gasteiger partial charge in [0.05, 0.1) is 25.4 Å². The lowest BCUT2D eigenvalue weighted by Crippen LogP contribution is -2.61. The van der Waals surface area contributed by atoms with E-state index in [1.54, 1.807) is 6.08 Å². The van der Waals surface area contributed by atoms with Crippen LogP contribution in [0.5, 0.6) is 0 Å². The van der Waals surface area contributed by atoms with Gasteiger partial charge in [0, 0.05) is 6.42 Å². The quantitative estimate of drug-likeness (QED) is 0.0149. The molecule has 0 aromatic rings. The summed E-state index contributed by atoms with van der Waals surface area (Å²) in [6.45, 7) is 5.58. The maximum Gasteiger partial charge on any atom is 0.306 e. The van der Waals surface area contributed by atoms with Crippen LogP contribution < -0.4 is 5.32 Å². The van der Waals surface area contributed by atoms with E-state index in [2.05, 4.69) is 50.4 Å². The van der Waals surface area contributed by atoms with Crippen LogP contribution >= 0.6 is 0 Å². The zero-order valence-corrected chi connectivity index (χ0v) is 43.0. The minimum absolute atomic E-state index is 0.0977. The van der Waals surface area contributed by atoms with E-state index in [4.69, 9.17) is 14.2 Å². The molecule has 1 rings (SSSR count). The van der Waals surface area contributed by atoms with Crippen molar-refractivity contribution in [2.75, 3.05) is 13.2 Å². The highest BCUT2D eigenvalue weighted by Gasteiger charge is 2.47. The summed E-state index contributed by atoms with van der Waals surface area (Å²) < 4.78 is 17.5. The van der Waals surface area contributed by atoms with Gasteiger partial charge in [0.15, 0.2) is 12.4 Å². The topological polar surface area (TPSA) is 175 Å². The highest BCUT2D eigenvalue weighted by Crippen LogP contribution is 2.26. The van der Waals surface area contributed by atoms with E-state index in [1.807, 2.05) is 42.5 Å². The van der Waals surface area contributed by atoms with Gasteiger partial charge in [-0.3, -0.25) is 9.59 Å². The number of carbonyl (C=O) groups excluding carboxylic acids is 2. The first-order valence-electron chi connectivity index (χ1n) is 27.3. The fraction of sp³-hybridized carbons (Fsp3) is 0.754. The standard InChI is InChI=1S/C57H99NO10/c1-4-7-10-13-16-19-22-24-26-29-32-35-38-41-44-50(61)56(65)58-48(49(60)43-40-37-34-31-28-21-18-15-12-9-6-3)47-66-57-55(54(64)53(63)51(46-59)67-57)68-52(62)45-42-39-36-33-30-27-25-23-20-17-14-11-8-5-2/h7,10,13,16,19,22,24,26-27,30,40,43,48-51,53-55,57,59-61,63-64H,4-6,8-9,11-12,14-15,17-18,20-21,23,25,28-29,31-39,41-42,44-47H2,1-3H3,(H,58,65)/b10-7+,16-13+,22-19+,26-24-,30-27-,43-40+. The van der Waals surface area contributed by atoms with Crippen molar-refractivity contribution in [3.8, 4) is 0 Å². The third-order valence-corrected chi connectivity index (χ3v) is 12.4. The van der Waals surface area contributed by atoms with Crippen molar-refractivity contribution in [2.45, 2.75) is 262 Å². The van der Waals surface area contributed by atoms with E-state index in [9.17, 15) is 35.1 Å². The van der Waals surface area contributed by atoms with Gasteiger partial charge in [0.1, 0.15) is 24.4 Å². The Morgan fingerprint density at radius 3 is 1.63 bits per heavy atom. The molecule has 6 N–H and O–H groups in total. The van der Waals surface area contributed by atoms with Crippen molar-refractivity contribution in [2.24, 2.45) is 0 Å². The number of aliphatic hydroxyl groups excluding tert-OH is 5. The second-order valence-corrected chi connectivity index (χ2v) is 18.7. The molecule has 1 saturated heterocycles. The van der Waals surface area contributed by atoms with Gasteiger partial charge >= 0.3 is 5.97 Å². The molecule has 0 saturated carbocycles. The van der Waals surface area contributed by atoms with Crippen LogP contribution in [-0.2, 0) is 23.8 Å². The number of amides is 1. The Hall–Kier alpha value is -2.90. The number of allylic oxidation sites excluding steroid dienone is 11. The van der Waals surface area contributed by atoms with Crippen LogP contribution in [0.25, 0.3) is 0 Å². The molecule has 1 fully saturated rings. The van der Waals surface area contributed by atoms with Crippen molar-refractivity contribution in [1.29, 1.82) is 0 Å². The normalized spacial score (nSPS) is 20.5. The summed E-state index contributed by atoms with van der Waals surface area (Å²) in [7, 11) is 0. The molecule has 0 radical (unpaired) electrons. The summed E-state index contributed by atoms with van der Waals surface area (Å²) in [4.78, 5) is 26.4. The number of ether oxygens (including phenoxy) is 3. The molecule has 1 heterocycles. The van der Waals surface area contributed by atoms with E-state index in [1.165, 1.54) is 83.5 Å². The van der Waals surface area contributed by atoms with E-state index in [0.29, 0.717) is 12.8 Å². The highest BCUT2D eigenvalue weighted by molar-refractivity contribution is 5.80. The van der Waals surface area contributed by atoms with Gasteiger partial charge in [0.25, 0.3) is 0 Å². The molecule has 0 bridgehead atoms. The second-order valence-electron chi connectivity index (χ2n) is 18.7. The number of carbonyl (C=O) groups is 2. The summed E-state index contributed by atoms with van der Waals surface area (Å²) in [5, 5.41) is 56.6. The minimum atomic E-state index is -1.62. The Bertz CT molecular complexity index is 1380. The SMILES string of the molecule is CC/C=C/C=C/C=C/C=C\CCCCCCC(O)C(=O)NC(COC1OC(CO)C(O)C(O)C1OC(=O)CCCCC/C=C\CCCCCCCCC)C(O)/C=C/CCCCCCCCCCC. The molecule has 0 aliphatic carbocycles. The third kappa shape index (κ3) is 33.6. The molecule has 11 heteroatoms. The largest absolute Gasteiger partial charge is 0.454 e. The Morgan fingerprint density at radius 1 is 0.588 bits per heavy atom. The fourth-order valence-electron chi connectivity index (χ4n) is 8.07. The Morgan fingerprint density at radius 2 is 1.07 bits per heavy atom. The van der Waals surface area contributed by atoms with Crippen molar-refractivity contribution in [1.82, 2.24) is 5.32 Å². The minimum Gasteiger partial charge on any atom is -0.454 e. The van der Waals surface area contributed by atoms with Gasteiger partial charge in [0.2, 0.25) is 5.91 Å². The zero-order chi connectivity index (χ0) is 49.7. The van der Waals surface area contributed by atoms with Crippen molar-refractivity contribution in [3.63, 3.8) is 0 Å². The number of hydrogen-bond donors (Lipinski definition) is 6. The van der Waals surface area contributed by atoms with Gasteiger partial charge in [-0.15, -0.1) is 0 Å². The number of rotatable bonds is 44. The molecule has 68 heavy (non-hydrogen) atoms. The van der Waals surface area contributed by atoms with Gasteiger partial charge in [-0.1, -0.05) is 209 Å². The van der Waals surface area contributed by atoms with Gasteiger partial charge in [-0.05, 0) is 70.6 Å². The summed E-state index contributed by atoms with van der Waals surface area (Å²) in [6.07, 6.45) is 45.2. The maximum absolute atomic E-state index is 13.3. The predicted octanol–water partition coefficient (Wildman–Crippen LogP) is 11.7. The van der Waals surface area contributed by atoms with E-state index >= 15 is 0 Å². The van der Waals surface area contributed by atoms with Crippen LogP contribution in [0.1, 0.15) is 213 Å². The molecule has 1 aliphatic rings. The molecule has 8 unspecified atom stereocenters. The van der Waals surface area contributed by atoms with Crippen LogP contribution in [0.3, 0.4) is 0 Å². The lowest BCUT2D eigenvalue weighted by molar-refractivity contribution is -0.305. The van der Waals surface area contributed by atoms with Crippen molar-refractivity contribution in [3.05, 3.63) is 72.9 Å². The molecule has 0 aromatic heterocycles. The first kappa shape index (κ1) is 63.1. The number of aliphatic hydroxyl groups is 5. The van der Waals surface area contributed by atoms with Crippen LogP contribution in [0, 0.1) is 0 Å². The Labute approximate surface area is 413 Å². The van der Waals surface area contributed by atoms with Crippen LogP contribution in [0.4, 0.5) is 0 Å². The average molecular weight is 958 g/mol. The highest BCUT2D eigenvalue weighted by atomic mass is 16.7. The lowest BCUT2D eigenvalue weighted by Gasteiger charge is -2.41.